The SMILES string of the molecule is CC(=O)NC1C(O)[C@H](O[C@@H]2OC(CO)[C@H](O)C(O[C@H]3OC(CO)[C@H](O)C(O)C3O)C2O)C(CO)O[C@H]1OCCCNC(=O)COc1ccc(-c2cc(C(=O)O)ccc2OCC(=O)NCCCO[C@@H]2OC(CO)[C@@H](O[C@@H]3OC(CO)[C@H](O)C(O[C@H]4OC(CO)[C@H](O)C(O)C4O)C3O)C(O)C2NC(C)=O)cc1OCC(=O)NCCCO[C@@H]1OC(CO)[C@H](O[C@@H]2OC(CO)[C@H](O)C(O[C@H]3OC(CO)[C@H](O)C(O)C3O)C2O)C(O)C1NC(C)=O. The summed E-state index contributed by atoms with van der Waals surface area (Å²) >= 11 is 0. The van der Waals surface area contributed by atoms with E-state index in [1.807, 2.05) is 0 Å². The Bertz CT molecular complexity index is 4550. The summed E-state index contributed by atoms with van der Waals surface area (Å²) in [7, 11) is 0. The van der Waals surface area contributed by atoms with E-state index in [0.717, 1.165) is 32.9 Å². The minimum atomic E-state index is -2.12. The third-order valence-corrected chi connectivity index (χ3v) is 25.8. The molecule has 62 heteroatoms. The summed E-state index contributed by atoms with van der Waals surface area (Å²) in [6, 6.07) is 2.75. The third-order valence-electron chi connectivity index (χ3n) is 25.8. The molecule has 2 aromatic rings. The summed E-state index contributed by atoms with van der Waals surface area (Å²) in [6.45, 7) is -9.13. The molecule has 9 fully saturated rings. The highest BCUT2D eigenvalue weighted by atomic mass is 16.8. The van der Waals surface area contributed by atoms with Gasteiger partial charge in [-0.1, -0.05) is 6.07 Å². The van der Waals surface area contributed by atoms with Crippen LogP contribution in [0, 0.1) is 0 Å². The molecule has 0 spiro atoms. The zero-order valence-corrected chi connectivity index (χ0v) is 80.7. The van der Waals surface area contributed by atoms with Crippen LogP contribution >= 0.6 is 0 Å². The van der Waals surface area contributed by atoms with Crippen molar-refractivity contribution in [3.8, 4) is 28.4 Å². The van der Waals surface area contributed by atoms with Crippen molar-refractivity contribution in [1.82, 2.24) is 31.9 Å². The molecule has 11 rings (SSSR count). The molecule has 0 radical (unpaired) electrons. The number of carboxylic acids is 1. The van der Waals surface area contributed by atoms with E-state index in [-0.39, 0.29) is 92.7 Å². The fraction of sp³-hybridized carbons (Fsp3) is 0.784. The van der Waals surface area contributed by atoms with Crippen LogP contribution in [0.5, 0.6) is 17.2 Å². The van der Waals surface area contributed by atoms with Crippen molar-refractivity contribution < 1.29 is 276 Å². The van der Waals surface area contributed by atoms with Crippen LogP contribution in [0.4, 0.5) is 0 Å². The van der Waals surface area contributed by atoms with Gasteiger partial charge in [0.25, 0.3) is 17.7 Å². The molecule has 9 heterocycles. The van der Waals surface area contributed by atoms with E-state index in [0.29, 0.717) is 0 Å². The van der Waals surface area contributed by atoms with E-state index in [2.05, 4.69) is 31.9 Å². The number of rotatable bonds is 50. The molecule has 62 nitrogen and oxygen atoms in total. The molecular weight excluding hydrogens is 2040 g/mol. The van der Waals surface area contributed by atoms with Gasteiger partial charge in [-0.2, -0.15) is 0 Å². The topological polar surface area (TPSA) is 952 Å². The summed E-state index contributed by atoms with van der Waals surface area (Å²) in [5.41, 5.74) is -0.274. The monoisotopic (exact) mass is 2170 g/mol. The number of hydrogen-bond donors (Lipinski definition) is 34. The van der Waals surface area contributed by atoms with Crippen molar-refractivity contribution in [3.05, 3.63) is 42.0 Å². The van der Waals surface area contributed by atoms with Crippen molar-refractivity contribution in [3.63, 3.8) is 0 Å². The van der Waals surface area contributed by atoms with Crippen LogP contribution in [0.1, 0.15) is 50.4 Å². The summed E-state index contributed by atoms with van der Waals surface area (Å²) in [5.74, 6) is -6.78. The Morgan fingerprint density at radius 2 is 0.527 bits per heavy atom. The van der Waals surface area contributed by atoms with Crippen molar-refractivity contribution in [1.29, 1.82) is 0 Å². The Morgan fingerprint density at radius 3 is 0.807 bits per heavy atom. The molecule has 9 aliphatic rings. The van der Waals surface area contributed by atoms with E-state index in [1.54, 1.807) is 0 Å². The Balaban J connectivity index is 0.724. The molecule has 2 aromatic carbocycles. The highest BCUT2D eigenvalue weighted by Crippen LogP contribution is 2.42. The van der Waals surface area contributed by atoms with Crippen LogP contribution in [0.2, 0.25) is 0 Å². The van der Waals surface area contributed by atoms with Crippen LogP contribution in [-0.2, 0) is 114 Å². The van der Waals surface area contributed by atoms with Crippen LogP contribution in [-0.4, -0.2) is 579 Å². The molecule has 6 amide bonds. The van der Waals surface area contributed by atoms with Gasteiger partial charge in [0.15, 0.2) is 87.9 Å². The zero-order valence-electron chi connectivity index (χ0n) is 80.7. The quantitative estimate of drug-likeness (QED) is 0.0274. The molecule has 0 aliphatic carbocycles. The Labute approximate surface area is 851 Å². The van der Waals surface area contributed by atoms with Crippen LogP contribution in [0.15, 0.2) is 36.4 Å². The van der Waals surface area contributed by atoms with Gasteiger partial charge in [-0.05, 0) is 55.2 Å². The molecular formula is C88H136N6O56. The summed E-state index contributed by atoms with van der Waals surface area (Å²) < 4.78 is 121. The number of aromatic carboxylic acids is 1. The van der Waals surface area contributed by atoms with E-state index in [1.165, 1.54) is 24.3 Å². The lowest BCUT2D eigenvalue weighted by Gasteiger charge is -2.48. The number of nitrogens with one attached hydrogen (secondary N) is 6. The van der Waals surface area contributed by atoms with Gasteiger partial charge in [-0.3, -0.25) is 28.8 Å². The molecule has 0 aromatic heterocycles. The van der Waals surface area contributed by atoms with Gasteiger partial charge in [-0.15, -0.1) is 0 Å². The van der Waals surface area contributed by atoms with Gasteiger partial charge in [0, 0.05) is 46.0 Å². The summed E-state index contributed by atoms with van der Waals surface area (Å²) in [6.07, 6.45) is -77.0. The summed E-state index contributed by atoms with van der Waals surface area (Å²) in [4.78, 5) is 91.6. The first kappa shape index (κ1) is 123. The van der Waals surface area contributed by atoms with Crippen molar-refractivity contribution in [2.45, 2.75) is 316 Å². The van der Waals surface area contributed by atoms with Gasteiger partial charge in [0.1, 0.15) is 225 Å². The second-order valence-electron chi connectivity index (χ2n) is 36.4. The molecule has 45 atom stereocenters. The average molecular weight is 2170 g/mol. The minimum Gasteiger partial charge on any atom is -0.483 e. The number of aliphatic hydroxyl groups is 27. The number of amides is 6. The van der Waals surface area contributed by atoms with Gasteiger partial charge in [0.05, 0.1) is 84.8 Å². The molecule has 9 saturated heterocycles. The number of carbonyl (C=O) groups is 7. The fourth-order valence-electron chi connectivity index (χ4n) is 17.7. The molecule has 0 bridgehead atoms. The number of carbonyl (C=O) groups excluding carboxylic acids is 6. The highest BCUT2D eigenvalue weighted by molar-refractivity contribution is 5.91. The average Bonchev–Trinajstić information content (AvgIpc) is 0.773. The lowest BCUT2D eigenvalue weighted by Crippen LogP contribution is -2.68. The number of carboxylic acid groups (broad SMARTS) is 1. The number of benzene rings is 2. The first-order valence-electron chi connectivity index (χ1n) is 47.9. The Hall–Kier alpha value is -7.67. The second-order valence-corrected chi connectivity index (χ2v) is 36.4. The number of ether oxygens (including phenoxy) is 21. The van der Waals surface area contributed by atoms with Crippen LogP contribution in [0.25, 0.3) is 11.1 Å². The lowest BCUT2D eigenvalue weighted by molar-refractivity contribution is -0.376. The number of aliphatic hydroxyl groups excluding tert-OH is 27. The first-order chi connectivity index (χ1) is 71.5. The van der Waals surface area contributed by atoms with E-state index in [4.69, 9.17) is 99.5 Å². The van der Waals surface area contributed by atoms with Crippen molar-refractivity contribution in [2.24, 2.45) is 0 Å². The Morgan fingerprint density at radius 1 is 0.273 bits per heavy atom. The molecule has 854 valence electrons. The standard InChI is InChI=1S/C88H136N6O56/c1-31(104)92-52-61(116)73(145-86-70(125)76(58(113)43(22-98)139-86)148-83-67(122)64(119)55(110)40(19-95)136-83)46(25-101)142-80(52)130-14-4-11-89-49(107)28-133-37-9-8-35(79(128)129)17-36(37)34-7-10-38(134-29-50(108)90-12-5-15-131-81-53(93-32(2)105)62(117)74(47(26-102)143-81)146-87-71(126)77(59(114)44(23-99)140-87)149-84-68(123)65(120)56(111)41(20-96)137-84)39(18-34)135-30-51(109)91-13-6-16-132-82-54(94-33(3)106)63(118)75(48(27-103)144-82)147-88-72(127)78(60(115)45(24-100)141-88)150-85-69(124)66(121)57(112)42(21-97)138-85/h7-10,17-18,40-48,52-78,80-88,95-103,110-127H,4-6,11-16,19-30H2,1-3H3,(H,89,107)(H,90,108)(H,91,109)(H,92,104)(H,93,105)(H,94,106)(H,128,129)/t40?,41?,42?,43?,44?,45?,46?,47?,48?,52?,53?,54?,55-,56-,57-,58-,59-,60-,61?,62?,63?,64?,65?,66?,67?,68?,69?,70?,71?,72?,73+,74+,75-,76?,77?,78?,80+,81+,82+,83+,84+,85+,86-,87-,88-/m0/s1. The van der Waals surface area contributed by atoms with Crippen molar-refractivity contribution >= 4 is 41.4 Å². The Kier molecular flexibility index (Phi) is 46.8. The minimum absolute atomic E-state index is 0.0219. The lowest BCUT2D eigenvalue weighted by atomic mass is 9.95. The van der Waals surface area contributed by atoms with Gasteiger partial charge in [0.2, 0.25) is 17.7 Å². The van der Waals surface area contributed by atoms with Gasteiger partial charge < -0.3 is 274 Å². The van der Waals surface area contributed by atoms with E-state index >= 15 is 0 Å². The van der Waals surface area contributed by atoms with Gasteiger partial charge >= 0.3 is 5.97 Å². The smallest absolute Gasteiger partial charge is 0.335 e. The van der Waals surface area contributed by atoms with E-state index in [9.17, 15) is 177 Å². The zero-order chi connectivity index (χ0) is 110. The largest absolute Gasteiger partial charge is 0.483 e. The maximum Gasteiger partial charge on any atom is 0.335 e. The van der Waals surface area contributed by atoms with Crippen molar-refractivity contribution in [2.75, 3.05) is 119 Å². The fourth-order valence-corrected chi connectivity index (χ4v) is 17.7. The third kappa shape index (κ3) is 30.4. The normalized spacial score (nSPS) is 39.3. The van der Waals surface area contributed by atoms with Crippen LogP contribution in [0.3, 0.4) is 0 Å². The molecule has 150 heavy (non-hydrogen) atoms. The molecule has 0 saturated carbocycles. The maximum absolute atomic E-state index is 13.8. The van der Waals surface area contributed by atoms with Gasteiger partial charge in [-0.25, -0.2) is 4.79 Å². The number of hydrogen-bond acceptors (Lipinski definition) is 55. The predicted molar refractivity (Wildman–Crippen MR) is 478 cm³/mol. The predicted octanol–water partition coefficient (Wildman–Crippen LogP) is -19.5. The molecule has 27 unspecified atom stereocenters. The maximum atomic E-state index is 13.8. The summed E-state index contributed by atoms with van der Waals surface area (Å²) in [5, 5.41) is 314. The van der Waals surface area contributed by atoms with E-state index < -0.39 is 397 Å². The molecule has 9 aliphatic heterocycles. The van der Waals surface area contributed by atoms with Crippen LogP contribution < -0.4 is 46.1 Å². The second kappa shape index (κ2) is 57.3. The highest BCUT2D eigenvalue weighted by Gasteiger charge is 2.60. The first-order valence-corrected chi connectivity index (χ1v) is 47.9. The molecule has 34 N–H and O–H groups in total.